The molecule has 37 heavy (non-hydrogen) atoms. The van der Waals surface area contributed by atoms with Gasteiger partial charge in [0.15, 0.2) is 11.5 Å². The number of ether oxygens (including phenoxy) is 3. The molecular formula is C28H27N3O6. The molecule has 2 aromatic carbocycles. The van der Waals surface area contributed by atoms with Gasteiger partial charge in [0.05, 0.1) is 17.9 Å². The van der Waals surface area contributed by atoms with Crippen LogP contribution < -0.4 is 14.2 Å². The molecule has 2 aliphatic heterocycles. The van der Waals surface area contributed by atoms with Crippen LogP contribution in [0.2, 0.25) is 0 Å². The monoisotopic (exact) mass is 501 g/mol. The summed E-state index contributed by atoms with van der Waals surface area (Å²) >= 11 is 0. The zero-order valence-electron chi connectivity index (χ0n) is 20.2. The molecule has 0 saturated carbocycles. The molecule has 9 nitrogen and oxygen atoms in total. The van der Waals surface area contributed by atoms with Crippen LogP contribution in [-0.4, -0.2) is 57.6 Å². The number of aryl methyl sites for hydroxylation is 1. The smallest absolute Gasteiger partial charge is 0.295 e. The first-order chi connectivity index (χ1) is 18.1. The summed E-state index contributed by atoms with van der Waals surface area (Å²) in [6, 6.07) is 11.3. The lowest BCUT2D eigenvalue weighted by Gasteiger charge is -2.26. The van der Waals surface area contributed by atoms with Crippen LogP contribution in [0, 0.1) is 0 Å². The van der Waals surface area contributed by atoms with E-state index in [0.29, 0.717) is 67.7 Å². The predicted octanol–water partition coefficient (Wildman–Crippen LogP) is 3.73. The van der Waals surface area contributed by atoms with Gasteiger partial charge < -0.3 is 28.8 Å². The molecule has 5 rings (SSSR count). The molecule has 3 aromatic rings. The van der Waals surface area contributed by atoms with E-state index in [9.17, 15) is 14.7 Å². The van der Waals surface area contributed by atoms with E-state index < -0.39 is 17.7 Å². The fourth-order valence-electron chi connectivity index (χ4n) is 4.58. The van der Waals surface area contributed by atoms with Crippen molar-refractivity contribution in [3.8, 4) is 17.2 Å². The first-order valence-corrected chi connectivity index (χ1v) is 12.0. The van der Waals surface area contributed by atoms with Crippen LogP contribution in [0.5, 0.6) is 17.2 Å². The van der Waals surface area contributed by atoms with Crippen molar-refractivity contribution in [2.75, 3.05) is 26.4 Å². The first kappa shape index (κ1) is 24.2. The Labute approximate surface area is 214 Å². The van der Waals surface area contributed by atoms with E-state index in [0.717, 1.165) is 0 Å². The van der Waals surface area contributed by atoms with Crippen LogP contribution in [0.1, 0.15) is 23.6 Å². The third-order valence-electron chi connectivity index (χ3n) is 6.27. The van der Waals surface area contributed by atoms with E-state index in [-0.39, 0.29) is 11.3 Å². The first-order valence-electron chi connectivity index (χ1n) is 12.0. The minimum Gasteiger partial charge on any atom is -0.507 e. The largest absolute Gasteiger partial charge is 0.507 e. The van der Waals surface area contributed by atoms with Crippen molar-refractivity contribution in [3.63, 3.8) is 0 Å². The number of hydrogen-bond donors (Lipinski definition) is 1. The highest BCUT2D eigenvalue weighted by atomic mass is 16.6. The molecule has 1 fully saturated rings. The number of aliphatic hydroxyl groups is 1. The normalized spacial score (nSPS) is 18.2. The number of imidazole rings is 1. The lowest BCUT2D eigenvalue weighted by molar-refractivity contribution is -0.139. The molecule has 1 unspecified atom stereocenters. The zero-order chi connectivity index (χ0) is 25.8. The number of Topliss-reactive ketones (excluding diaryl/α,β-unsaturated/α-hetero) is 1. The zero-order valence-corrected chi connectivity index (χ0v) is 20.2. The number of carbonyl (C=O) groups excluding carboxylic acids is 2. The van der Waals surface area contributed by atoms with E-state index in [4.69, 9.17) is 14.2 Å². The molecule has 0 spiro atoms. The summed E-state index contributed by atoms with van der Waals surface area (Å²) in [5.41, 5.74) is 1.04. The third kappa shape index (κ3) is 4.93. The van der Waals surface area contributed by atoms with Crippen LogP contribution >= 0.6 is 0 Å². The summed E-state index contributed by atoms with van der Waals surface area (Å²) < 4.78 is 18.8. The van der Waals surface area contributed by atoms with E-state index in [2.05, 4.69) is 11.6 Å². The molecule has 1 aromatic heterocycles. The van der Waals surface area contributed by atoms with Gasteiger partial charge in [-0.25, -0.2) is 4.98 Å². The number of carbonyl (C=O) groups is 2. The maximum atomic E-state index is 13.3. The van der Waals surface area contributed by atoms with E-state index in [1.807, 2.05) is 16.8 Å². The molecule has 1 N–H and O–H groups in total. The van der Waals surface area contributed by atoms with Crippen molar-refractivity contribution >= 4 is 17.4 Å². The minimum atomic E-state index is -0.789. The Morgan fingerprint density at radius 1 is 1.14 bits per heavy atom. The number of aliphatic hydroxyl groups excluding tert-OH is 1. The van der Waals surface area contributed by atoms with Gasteiger partial charge in [0.25, 0.3) is 11.7 Å². The van der Waals surface area contributed by atoms with Gasteiger partial charge in [0, 0.05) is 31.0 Å². The molecule has 1 atom stereocenters. The summed E-state index contributed by atoms with van der Waals surface area (Å²) in [6.07, 6.45) is 7.46. The Kier molecular flexibility index (Phi) is 6.93. The highest BCUT2D eigenvalue weighted by Crippen LogP contribution is 2.41. The van der Waals surface area contributed by atoms with E-state index >= 15 is 0 Å². The Hall–Kier alpha value is -4.53. The number of benzene rings is 2. The Balaban J connectivity index is 1.54. The predicted molar refractivity (Wildman–Crippen MR) is 135 cm³/mol. The maximum Gasteiger partial charge on any atom is 0.295 e. The standard InChI is InChI=1S/C28H27N3O6/c1-2-13-35-21-6-3-5-19(16-21)25-24(26(32)20-7-8-22-23(17-20)37-15-14-36-22)27(33)28(34)31(25)11-4-10-30-12-9-29-18-30/h2-3,5-9,12,16-18,25,32H,1,4,10-11,13-15H2. The summed E-state index contributed by atoms with van der Waals surface area (Å²) in [5.74, 6) is -0.0623. The number of aromatic nitrogens is 2. The number of rotatable bonds is 9. The van der Waals surface area contributed by atoms with Gasteiger partial charge in [0.2, 0.25) is 0 Å². The molecular weight excluding hydrogens is 474 g/mol. The number of amides is 1. The van der Waals surface area contributed by atoms with Gasteiger partial charge in [-0.15, -0.1) is 0 Å². The molecule has 1 saturated heterocycles. The molecule has 1 amide bonds. The second-order valence-corrected chi connectivity index (χ2v) is 8.68. The third-order valence-corrected chi connectivity index (χ3v) is 6.27. The fraction of sp³-hybridized carbons (Fsp3) is 0.250. The second-order valence-electron chi connectivity index (χ2n) is 8.68. The minimum absolute atomic E-state index is 0.0187. The van der Waals surface area contributed by atoms with Crippen LogP contribution in [0.25, 0.3) is 5.76 Å². The average Bonchev–Trinajstić information content (AvgIpc) is 3.54. The Morgan fingerprint density at radius 2 is 1.97 bits per heavy atom. The van der Waals surface area contributed by atoms with Crippen LogP contribution in [0.4, 0.5) is 0 Å². The summed E-state index contributed by atoms with van der Waals surface area (Å²) in [4.78, 5) is 32.1. The highest BCUT2D eigenvalue weighted by molar-refractivity contribution is 6.46. The van der Waals surface area contributed by atoms with Gasteiger partial charge >= 0.3 is 0 Å². The molecule has 9 heteroatoms. The number of hydrogen-bond acceptors (Lipinski definition) is 7. The number of likely N-dealkylation sites (tertiary alicyclic amines) is 1. The summed E-state index contributed by atoms with van der Waals surface area (Å²) in [5, 5.41) is 11.4. The Morgan fingerprint density at radius 3 is 2.76 bits per heavy atom. The second kappa shape index (κ2) is 10.6. The van der Waals surface area contributed by atoms with Gasteiger partial charge in [0.1, 0.15) is 31.3 Å². The number of nitrogens with zero attached hydrogens (tertiary/aromatic N) is 3. The van der Waals surface area contributed by atoms with Crippen LogP contribution in [0.3, 0.4) is 0 Å². The van der Waals surface area contributed by atoms with Gasteiger partial charge in [-0.2, -0.15) is 0 Å². The SMILES string of the molecule is C=CCOc1cccc(C2C(=C(O)c3ccc4c(c3)OCCO4)C(=O)C(=O)N2CCCn2ccnc2)c1. The molecule has 0 aliphatic carbocycles. The van der Waals surface area contributed by atoms with Crippen molar-refractivity contribution in [1.29, 1.82) is 0 Å². The van der Waals surface area contributed by atoms with Crippen LogP contribution in [0.15, 0.2) is 79.4 Å². The lowest BCUT2D eigenvalue weighted by Crippen LogP contribution is -2.31. The quantitative estimate of drug-likeness (QED) is 0.206. The molecule has 190 valence electrons. The van der Waals surface area contributed by atoms with Gasteiger partial charge in [-0.05, 0) is 42.3 Å². The van der Waals surface area contributed by atoms with Crippen LogP contribution in [-0.2, 0) is 16.1 Å². The maximum absolute atomic E-state index is 13.3. The molecule has 3 heterocycles. The molecule has 0 bridgehead atoms. The fourth-order valence-corrected chi connectivity index (χ4v) is 4.58. The Bertz CT molecular complexity index is 1350. The van der Waals surface area contributed by atoms with Crippen molar-refractivity contribution in [2.24, 2.45) is 0 Å². The van der Waals surface area contributed by atoms with Crippen molar-refractivity contribution in [1.82, 2.24) is 14.5 Å². The van der Waals surface area contributed by atoms with Crippen molar-refractivity contribution in [3.05, 3.63) is 90.5 Å². The van der Waals surface area contributed by atoms with Gasteiger partial charge in [-0.3, -0.25) is 9.59 Å². The lowest BCUT2D eigenvalue weighted by atomic mass is 9.95. The number of fused-ring (bicyclic) bond motifs is 1. The summed E-state index contributed by atoms with van der Waals surface area (Å²) in [6.45, 7) is 5.74. The van der Waals surface area contributed by atoms with E-state index in [1.165, 1.54) is 4.90 Å². The van der Waals surface area contributed by atoms with Gasteiger partial charge in [-0.1, -0.05) is 24.8 Å². The molecule has 0 radical (unpaired) electrons. The average molecular weight is 502 g/mol. The molecule has 2 aliphatic rings. The van der Waals surface area contributed by atoms with Crippen molar-refractivity contribution < 1.29 is 28.9 Å². The number of ketones is 1. The topological polar surface area (TPSA) is 103 Å². The highest BCUT2D eigenvalue weighted by Gasteiger charge is 2.46. The van der Waals surface area contributed by atoms with E-state index in [1.54, 1.807) is 55.0 Å². The summed E-state index contributed by atoms with van der Waals surface area (Å²) in [7, 11) is 0. The van der Waals surface area contributed by atoms with Crippen molar-refractivity contribution in [2.45, 2.75) is 19.0 Å².